The van der Waals surface area contributed by atoms with Gasteiger partial charge in [-0.15, -0.1) is 0 Å². The molecule has 1 fully saturated rings. The second-order valence-corrected chi connectivity index (χ2v) is 9.45. The fourth-order valence-corrected chi connectivity index (χ4v) is 4.77. The van der Waals surface area contributed by atoms with Gasteiger partial charge in [0.2, 0.25) is 0 Å². The maximum absolute atomic E-state index is 14.7. The Balaban J connectivity index is 1.36. The fraction of sp³-hybridized carbons (Fsp3) is 0.379. The molecule has 0 N–H and O–H groups in total. The van der Waals surface area contributed by atoms with Gasteiger partial charge in [-0.05, 0) is 78.6 Å². The predicted molar refractivity (Wildman–Crippen MR) is 129 cm³/mol. The lowest BCUT2D eigenvalue weighted by atomic mass is 9.85. The second kappa shape index (κ2) is 11.6. The van der Waals surface area contributed by atoms with E-state index in [0.717, 1.165) is 44.6 Å². The highest BCUT2D eigenvalue weighted by Gasteiger charge is 2.34. The van der Waals surface area contributed by atoms with Gasteiger partial charge in [-0.25, -0.2) is 17.6 Å². The average Bonchev–Trinajstić information content (AvgIpc) is 2.87. The molecule has 0 aromatic heterocycles. The highest BCUT2D eigenvalue weighted by molar-refractivity contribution is 5.71. The molecule has 0 bridgehead atoms. The molecule has 0 amide bonds. The van der Waals surface area contributed by atoms with Crippen LogP contribution in [0.1, 0.15) is 45.4 Å². The minimum Gasteiger partial charge on any atom is -0.431 e. The Morgan fingerprint density at radius 3 is 1.95 bits per heavy atom. The van der Waals surface area contributed by atoms with Crippen molar-refractivity contribution in [2.24, 2.45) is 5.92 Å². The minimum atomic E-state index is -3.50. The molecule has 2 nitrogen and oxygen atoms in total. The van der Waals surface area contributed by atoms with E-state index in [4.69, 9.17) is 9.47 Å². The summed E-state index contributed by atoms with van der Waals surface area (Å²) in [5, 5.41) is 0. The zero-order valence-electron chi connectivity index (χ0n) is 20.4. The lowest BCUT2D eigenvalue weighted by Crippen LogP contribution is -2.34. The molecule has 0 radical (unpaired) electrons. The van der Waals surface area contributed by atoms with Crippen molar-refractivity contribution in [1.82, 2.24) is 0 Å². The monoisotopic (exact) mass is 522 g/mol. The Morgan fingerprint density at radius 2 is 1.35 bits per heavy atom. The summed E-state index contributed by atoms with van der Waals surface area (Å²) >= 11 is 0. The van der Waals surface area contributed by atoms with Crippen LogP contribution in [0, 0.1) is 29.2 Å². The number of rotatable bonds is 9. The van der Waals surface area contributed by atoms with Crippen LogP contribution in [0.4, 0.5) is 26.3 Å². The van der Waals surface area contributed by atoms with Crippen LogP contribution in [-0.4, -0.2) is 18.8 Å². The van der Waals surface area contributed by atoms with Crippen molar-refractivity contribution in [1.29, 1.82) is 0 Å². The van der Waals surface area contributed by atoms with E-state index in [-0.39, 0.29) is 23.0 Å². The van der Waals surface area contributed by atoms with Gasteiger partial charge in [-0.1, -0.05) is 44.0 Å². The Hall–Kier alpha value is -3.00. The number of alkyl halides is 2. The smallest absolute Gasteiger partial charge is 0.421 e. The van der Waals surface area contributed by atoms with Gasteiger partial charge < -0.3 is 9.47 Å². The van der Waals surface area contributed by atoms with Crippen molar-refractivity contribution in [3.8, 4) is 28.0 Å². The molecule has 3 aromatic rings. The van der Waals surface area contributed by atoms with E-state index in [1.165, 1.54) is 36.4 Å². The molecular formula is C29H28F6O2. The summed E-state index contributed by atoms with van der Waals surface area (Å²) in [4.78, 5) is 0. The fourth-order valence-electron chi connectivity index (χ4n) is 4.77. The molecular weight excluding hydrogens is 494 g/mol. The molecule has 0 unspecified atom stereocenters. The summed E-state index contributed by atoms with van der Waals surface area (Å²) < 4.78 is 94.0. The molecule has 1 aliphatic rings. The molecule has 4 rings (SSSR count). The third-order valence-electron chi connectivity index (χ3n) is 6.70. The molecule has 37 heavy (non-hydrogen) atoms. The highest BCUT2D eigenvalue weighted by Crippen LogP contribution is 2.33. The van der Waals surface area contributed by atoms with Crippen LogP contribution in [0.5, 0.6) is 5.75 Å². The summed E-state index contributed by atoms with van der Waals surface area (Å²) in [5.41, 5.74) is 0.657. The van der Waals surface area contributed by atoms with Crippen LogP contribution in [0.3, 0.4) is 0 Å². The predicted octanol–water partition coefficient (Wildman–Crippen LogP) is 8.92. The number of ether oxygens (including phenoxy) is 2. The van der Waals surface area contributed by atoms with Crippen LogP contribution in [0.2, 0.25) is 0 Å². The van der Waals surface area contributed by atoms with Crippen LogP contribution in [0.25, 0.3) is 22.3 Å². The van der Waals surface area contributed by atoms with Crippen molar-refractivity contribution in [2.75, 3.05) is 6.61 Å². The van der Waals surface area contributed by atoms with Gasteiger partial charge in [0.05, 0.1) is 6.10 Å². The normalized spacial score (nSPS) is 18.1. The van der Waals surface area contributed by atoms with E-state index >= 15 is 0 Å². The van der Waals surface area contributed by atoms with E-state index in [0.29, 0.717) is 29.2 Å². The first-order chi connectivity index (χ1) is 17.6. The van der Waals surface area contributed by atoms with E-state index in [1.807, 2.05) is 0 Å². The molecule has 198 valence electrons. The average molecular weight is 523 g/mol. The SMILES string of the molecule is CCCC1CCC(OCC(F)(F)Oc2ccc(-c3ccc(-c4cc(F)c(F)c(F)c4)c(F)c3)cc2)CC1. The maximum Gasteiger partial charge on any atom is 0.421 e. The van der Waals surface area contributed by atoms with E-state index < -0.39 is 36.0 Å². The van der Waals surface area contributed by atoms with Crippen molar-refractivity contribution in [3.63, 3.8) is 0 Å². The minimum absolute atomic E-state index is 0.0710. The molecule has 0 saturated heterocycles. The Kier molecular flexibility index (Phi) is 8.47. The van der Waals surface area contributed by atoms with Crippen LogP contribution < -0.4 is 4.74 Å². The van der Waals surface area contributed by atoms with E-state index in [1.54, 1.807) is 0 Å². The number of hydrogen-bond donors (Lipinski definition) is 0. The Labute approximate surface area is 212 Å². The molecule has 0 atom stereocenters. The van der Waals surface area contributed by atoms with Gasteiger partial charge in [-0.3, -0.25) is 0 Å². The Bertz CT molecular complexity index is 1180. The zero-order valence-corrected chi connectivity index (χ0v) is 20.4. The summed E-state index contributed by atoms with van der Waals surface area (Å²) in [7, 11) is 0. The number of benzene rings is 3. The summed E-state index contributed by atoms with van der Waals surface area (Å²) in [6, 6.07) is 11.1. The van der Waals surface area contributed by atoms with Gasteiger partial charge >= 0.3 is 6.11 Å². The lowest BCUT2D eigenvalue weighted by Gasteiger charge is -2.29. The first kappa shape index (κ1) is 27.0. The molecule has 3 aromatic carbocycles. The number of hydrogen-bond acceptors (Lipinski definition) is 2. The van der Waals surface area contributed by atoms with Crippen LogP contribution >= 0.6 is 0 Å². The third kappa shape index (κ3) is 6.86. The van der Waals surface area contributed by atoms with Crippen molar-refractivity contribution in [3.05, 3.63) is 77.9 Å². The van der Waals surface area contributed by atoms with Gasteiger partial charge in [-0.2, -0.15) is 8.78 Å². The standard InChI is InChI=1S/C29H28F6O2/c1-2-3-18-4-9-22(10-5-18)36-17-29(34,35)37-23-11-6-19(7-12-23)20-8-13-24(25(30)14-20)21-15-26(31)28(33)27(32)16-21/h6-8,11-16,18,22H,2-5,9-10,17H2,1H3. The number of halogens is 6. The van der Waals surface area contributed by atoms with Crippen molar-refractivity contribution >= 4 is 0 Å². The largest absolute Gasteiger partial charge is 0.431 e. The molecule has 1 aliphatic carbocycles. The quantitative estimate of drug-likeness (QED) is 0.206. The van der Waals surface area contributed by atoms with E-state index in [2.05, 4.69) is 6.92 Å². The second-order valence-electron chi connectivity index (χ2n) is 9.45. The molecule has 8 heteroatoms. The van der Waals surface area contributed by atoms with Crippen LogP contribution in [0.15, 0.2) is 54.6 Å². The van der Waals surface area contributed by atoms with Gasteiger partial charge in [0, 0.05) is 5.56 Å². The van der Waals surface area contributed by atoms with Gasteiger partial charge in [0.15, 0.2) is 24.1 Å². The molecule has 0 spiro atoms. The molecule has 0 heterocycles. The maximum atomic E-state index is 14.7. The van der Waals surface area contributed by atoms with Crippen molar-refractivity contribution < 1.29 is 35.8 Å². The Morgan fingerprint density at radius 1 is 0.757 bits per heavy atom. The topological polar surface area (TPSA) is 18.5 Å². The summed E-state index contributed by atoms with van der Waals surface area (Å²) in [5.74, 6) is -4.67. The zero-order chi connectivity index (χ0) is 26.6. The van der Waals surface area contributed by atoms with Crippen molar-refractivity contribution in [2.45, 2.75) is 57.7 Å². The summed E-state index contributed by atoms with van der Waals surface area (Å²) in [6.45, 7) is 1.30. The molecule has 0 aliphatic heterocycles. The third-order valence-corrected chi connectivity index (χ3v) is 6.70. The lowest BCUT2D eigenvalue weighted by molar-refractivity contribution is -0.222. The molecule has 1 saturated carbocycles. The van der Waals surface area contributed by atoms with Gasteiger partial charge in [0.1, 0.15) is 11.6 Å². The van der Waals surface area contributed by atoms with Gasteiger partial charge in [0.25, 0.3) is 0 Å². The highest BCUT2D eigenvalue weighted by atomic mass is 19.3. The first-order valence-electron chi connectivity index (χ1n) is 12.4. The van der Waals surface area contributed by atoms with Crippen LogP contribution in [-0.2, 0) is 4.74 Å². The summed E-state index contributed by atoms with van der Waals surface area (Å²) in [6.07, 6.45) is 2.12. The van der Waals surface area contributed by atoms with E-state index in [9.17, 15) is 26.3 Å². The first-order valence-corrected chi connectivity index (χ1v) is 12.4.